The summed E-state index contributed by atoms with van der Waals surface area (Å²) in [4.78, 5) is 19.9. The summed E-state index contributed by atoms with van der Waals surface area (Å²) in [5, 5.41) is 9.02. The van der Waals surface area contributed by atoms with E-state index in [1.165, 1.54) is 12.1 Å². The maximum atomic E-state index is 11.0. The third-order valence-electron chi connectivity index (χ3n) is 4.01. The summed E-state index contributed by atoms with van der Waals surface area (Å²) >= 11 is 0. The number of ether oxygens (including phenoxy) is 3. The molecule has 0 aliphatic carbocycles. The van der Waals surface area contributed by atoms with E-state index in [1.54, 1.807) is 57.9 Å². The van der Waals surface area contributed by atoms with E-state index in [0.717, 1.165) is 5.56 Å². The summed E-state index contributed by atoms with van der Waals surface area (Å²) in [6, 6.07) is 11.8. The lowest BCUT2D eigenvalue weighted by atomic mass is 10.1. The fraction of sp³-hybridized carbons (Fsp3) is 0.150. The van der Waals surface area contributed by atoms with Crippen LogP contribution < -0.4 is 14.2 Å². The van der Waals surface area contributed by atoms with E-state index in [4.69, 9.17) is 19.3 Å². The Hall–Kier alpha value is -3.61. The van der Waals surface area contributed by atoms with Crippen molar-refractivity contribution in [2.45, 2.75) is 0 Å². The van der Waals surface area contributed by atoms with E-state index < -0.39 is 5.97 Å². The third kappa shape index (κ3) is 3.67. The molecule has 0 aliphatic heterocycles. The summed E-state index contributed by atoms with van der Waals surface area (Å²) in [6.45, 7) is 0. The highest BCUT2D eigenvalue weighted by molar-refractivity contribution is 5.88. The number of carboxylic acids is 1. The van der Waals surface area contributed by atoms with Crippen molar-refractivity contribution >= 4 is 5.97 Å². The molecule has 7 nitrogen and oxygen atoms in total. The number of hydrogen-bond acceptors (Lipinski definition) is 6. The summed E-state index contributed by atoms with van der Waals surface area (Å²) in [6.07, 6.45) is 1.64. The molecule has 2 aromatic carbocycles. The second-order valence-electron chi connectivity index (χ2n) is 5.56. The summed E-state index contributed by atoms with van der Waals surface area (Å²) in [5.41, 5.74) is 2.37. The van der Waals surface area contributed by atoms with E-state index >= 15 is 0 Å². The molecule has 1 N–H and O–H groups in total. The molecular formula is C20H18N2O5. The van der Waals surface area contributed by atoms with Crippen LogP contribution >= 0.6 is 0 Å². The molecule has 0 bridgehead atoms. The molecule has 0 saturated carbocycles. The Kier molecular flexibility index (Phi) is 5.21. The number of aromatic nitrogens is 2. The number of aromatic carboxylic acids is 1. The van der Waals surface area contributed by atoms with Gasteiger partial charge in [0.2, 0.25) is 5.75 Å². The fourth-order valence-electron chi connectivity index (χ4n) is 2.65. The highest BCUT2D eigenvalue weighted by atomic mass is 16.5. The van der Waals surface area contributed by atoms with Gasteiger partial charge in [0, 0.05) is 17.3 Å². The van der Waals surface area contributed by atoms with E-state index in [2.05, 4.69) is 9.97 Å². The van der Waals surface area contributed by atoms with Gasteiger partial charge in [0.1, 0.15) is 0 Å². The Balaban J connectivity index is 2.04. The van der Waals surface area contributed by atoms with Gasteiger partial charge >= 0.3 is 5.97 Å². The van der Waals surface area contributed by atoms with Gasteiger partial charge in [-0.25, -0.2) is 14.8 Å². The quantitative estimate of drug-likeness (QED) is 0.713. The van der Waals surface area contributed by atoms with Gasteiger partial charge in [-0.1, -0.05) is 12.1 Å². The van der Waals surface area contributed by atoms with Crippen LogP contribution in [0.4, 0.5) is 0 Å². The molecule has 3 aromatic rings. The Labute approximate surface area is 156 Å². The van der Waals surface area contributed by atoms with Crippen molar-refractivity contribution in [2.75, 3.05) is 21.3 Å². The maximum absolute atomic E-state index is 11.0. The van der Waals surface area contributed by atoms with Gasteiger partial charge in [-0.05, 0) is 30.3 Å². The summed E-state index contributed by atoms with van der Waals surface area (Å²) in [5.74, 6) is 1.06. The number of nitrogens with zero attached hydrogens (tertiary/aromatic N) is 2. The number of methoxy groups -OCH3 is 3. The predicted molar refractivity (Wildman–Crippen MR) is 99.5 cm³/mol. The van der Waals surface area contributed by atoms with Gasteiger partial charge in [-0.15, -0.1) is 0 Å². The second kappa shape index (κ2) is 7.74. The molecule has 0 unspecified atom stereocenters. The van der Waals surface area contributed by atoms with Crippen LogP contribution in [-0.4, -0.2) is 42.4 Å². The zero-order chi connectivity index (χ0) is 19.4. The standard InChI is InChI=1S/C20H18N2O5/c1-25-16-10-14(11-17(26-2)18(16)27-3)15-8-9-21-19(22-15)12-4-6-13(7-5-12)20(23)24/h4-11H,1-3H3,(H,23,24). The van der Waals surface area contributed by atoms with Gasteiger partial charge in [0.15, 0.2) is 17.3 Å². The van der Waals surface area contributed by atoms with E-state index in [-0.39, 0.29) is 5.56 Å². The zero-order valence-corrected chi connectivity index (χ0v) is 15.1. The second-order valence-corrected chi connectivity index (χ2v) is 5.56. The average molecular weight is 366 g/mol. The summed E-state index contributed by atoms with van der Waals surface area (Å²) in [7, 11) is 4.65. The lowest BCUT2D eigenvalue weighted by Gasteiger charge is -2.14. The molecule has 0 spiro atoms. The van der Waals surface area contributed by atoms with Crippen molar-refractivity contribution in [1.82, 2.24) is 9.97 Å². The van der Waals surface area contributed by atoms with Crippen molar-refractivity contribution < 1.29 is 24.1 Å². The lowest BCUT2D eigenvalue weighted by molar-refractivity contribution is 0.0697. The molecular weight excluding hydrogens is 348 g/mol. The largest absolute Gasteiger partial charge is 0.493 e. The number of hydrogen-bond donors (Lipinski definition) is 1. The zero-order valence-electron chi connectivity index (χ0n) is 15.1. The van der Waals surface area contributed by atoms with Crippen molar-refractivity contribution in [3.63, 3.8) is 0 Å². The highest BCUT2D eigenvalue weighted by Gasteiger charge is 2.15. The Bertz CT molecular complexity index is 945. The first-order valence-corrected chi connectivity index (χ1v) is 8.04. The third-order valence-corrected chi connectivity index (χ3v) is 4.01. The molecule has 27 heavy (non-hydrogen) atoms. The molecule has 0 saturated heterocycles. The molecule has 7 heteroatoms. The van der Waals surface area contributed by atoms with E-state index in [1.807, 2.05) is 0 Å². The van der Waals surface area contributed by atoms with Crippen LogP contribution in [0.3, 0.4) is 0 Å². The Morgan fingerprint density at radius 2 is 1.52 bits per heavy atom. The molecule has 1 heterocycles. The summed E-state index contributed by atoms with van der Waals surface area (Å²) < 4.78 is 16.1. The minimum Gasteiger partial charge on any atom is -0.493 e. The Morgan fingerprint density at radius 3 is 2.04 bits per heavy atom. The van der Waals surface area contributed by atoms with Gasteiger partial charge in [-0.3, -0.25) is 0 Å². The Morgan fingerprint density at radius 1 is 0.889 bits per heavy atom. The highest BCUT2D eigenvalue weighted by Crippen LogP contribution is 2.40. The SMILES string of the molecule is COc1cc(-c2ccnc(-c3ccc(C(=O)O)cc3)n2)cc(OC)c1OC. The van der Waals surface area contributed by atoms with Gasteiger partial charge in [0.05, 0.1) is 32.6 Å². The van der Waals surface area contributed by atoms with Crippen LogP contribution in [0.15, 0.2) is 48.7 Å². The molecule has 0 fully saturated rings. The monoisotopic (exact) mass is 366 g/mol. The van der Waals surface area contributed by atoms with Crippen molar-refractivity contribution in [3.05, 3.63) is 54.2 Å². The minimum absolute atomic E-state index is 0.208. The smallest absolute Gasteiger partial charge is 0.335 e. The van der Waals surface area contributed by atoms with Gasteiger partial charge in [-0.2, -0.15) is 0 Å². The van der Waals surface area contributed by atoms with Crippen LogP contribution in [0, 0.1) is 0 Å². The number of rotatable bonds is 6. The molecule has 0 amide bonds. The first-order chi connectivity index (χ1) is 13.1. The average Bonchev–Trinajstić information content (AvgIpc) is 2.72. The first kappa shape index (κ1) is 18.2. The van der Waals surface area contributed by atoms with Crippen LogP contribution in [-0.2, 0) is 0 Å². The van der Waals surface area contributed by atoms with Crippen molar-refractivity contribution in [2.24, 2.45) is 0 Å². The van der Waals surface area contributed by atoms with Crippen LogP contribution in [0.5, 0.6) is 17.2 Å². The van der Waals surface area contributed by atoms with Crippen LogP contribution in [0.2, 0.25) is 0 Å². The molecule has 138 valence electrons. The topological polar surface area (TPSA) is 90.8 Å². The van der Waals surface area contributed by atoms with E-state index in [9.17, 15) is 4.79 Å². The molecule has 0 radical (unpaired) electrons. The fourth-order valence-corrected chi connectivity index (χ4v) is 2.65. The van der Waals surface area contributed by atoms with Gasteiger partial charge < -0.3 is 19.3 Å². The van der Waals surface area contributed by atoms with Crippen molar-refractivity contribution in [3.8, 4) is 39.9 Å². The number of benzene rings is 2. The maximum Gasteiger partial charge on any atom is 0.335 e. The van der Waals surface area contributed by atoms with E-state index in [0.29, 0.717) is 34.3 Å². The van der Waals surface area contributed by atoms with Gasteiger partial charge in [0.25, 0.3) is 0 Å². The minimum atomic E-state index is -0.978. The molecule has 3 rings (SSSR count). The number of carboxylic acid groups (broad SMARTS) is 1. The molecule has 0 atom stereocenters. The van der Waals surface area contributed by atoms with Crippen LogP contribution in [0.25, 0.3) is 22.6 Å². The molecule has 0 aliphatic rings. The number of carbonyl (C=O) groups is 1. The normalized spacial score (nSPS) is 10.3. The van der Waals surface area contributed by atoms with Crippen LogP contribution in [0.1, 0.15) is 10.4 Å². The first-order valence-electron chi connectivity index (χ1n) is 8.04. The van der Waals surface area contributed by atoms with Crippen molar-refractivity contribution in [1.29, 1.82) is 0 Å². The predicted octanol–water partition coefficient (Wildman–Crippen LogP) is 3.53. The molecule has 1 aromatic heterocycles. The lowest BCUT2D eigenvalue weighted by Crippen LogP contribution is -1.98.